The molecule has 0 fully saturated rings. The highest BCUT2D eigenvalue weighted by molar-refractivity contribution is 7.89. The normalized spacial score (nSPS) is 13.9. The predicted molar refractivity (Wildman–Crippen MR) is 79.7 cm³/mol. The number of nitrogens with one attached hydrogen (secondary N) is 1. The van der Waals surface area contributed by atoms with Crippen molar-refractivity contribution < 1.29 is 13.3 Å². The Morgan fingerprint density at radius 3 is 2.15 bits per heavy atom. The lowest BCUT2D eigenvalue weighted by Crippen LogP contribution is -2.23. The van der Waals surface area contributed by atoms with E-state index >= 15 is 0 Å². The maximum absolute atomic E-state index is 11.9. The molecule has 6 heteroatoms. The molecule has 1 N–H and O–H groups in total. The topological polar surface area (TPSA) is 58.6 Å². The summed E-state index contributed by atoms with van der Waals surface area (Å²) in [6, 6.07) is 6.83. The third-order valence-corrected chi connectivity index (χ3v) is 4.66. The number of hydrogen-bond donors (Lipinski definition) is 1. The summed E-state index contributed by atoms with van der Waals surface area (Å²) < 4.78 is 25.1. The summed E-state index contributed by atoms with van der Waals surface area (Å²) in [4.78, 5) is 5.66. The molecule has 0 bridgehead atoms. The largest absolute Gasteiger partial charge is 0.301 e. The minimum Gasteiger partial charge on any atom is -0.301 e. The van der Waals surface area contributed by atoms with Crippen molar-refractivity contribution in [2.24, 2.45) is 5.92 Å². The standard InChI is InChI=1S/C14H24N2O3S/c1-11(2)10-19-15-12(3)13-6-8-14(9-7-13)20(17,18)16(4)5/h6-9,11-12,15H,10H2,1-5H3. The summed E-state index contributed by atoms with van der Waals surface area (Å²) in [5, 5.41) is 0. The Morgan fingerprint density at radius 1 is 1.15 bits per heavy atom. The zero-order chi connectivity index (χ0) is 15.3. The van der Waals surface area contributed by atoms with Gasteiger partial charge in [0.25, 0.3) is 0 Å². The Labute approximate surface area is 121 Å². The van der Waals surface area contributed by atoms with Gasteiger partial charge in [0.15, 0.2) is 0 Å². The summed E-state index contributed by atoms with van der Waals surface area (Å²) >= 11 is 0. The van der Waals surface area contributed by atoms with Crippen molar-refractivity contribution in [3.63, 3.8) is 0 Å². The lowest BCUT2D eigenvalue weighted by molar-refractivity contribution is 0.00408. The van der Waals surface area contributed by atoms with Crippen LogP contribution in [0.2, 0.25) is 0 Å². The molecule has 0 aliphatic carbocycles. The van der Waals surface area contributed by atoms with Crippen LogP contribution >= 0.6 is 0 Å². The van der Waals surface area contributed by atoms with Gasteiger partial charge in [-0.25, -0.2) is 12.7 Å². The van der Waals surface area contributed by atoms with Crippen LogP contribution in [0.1, 0.15) is 32.4 Å². The minimum atomic E-state index is -3.37. The van der Waals surface area contributed by atoms with Crippen LogP contribution < -0.4 is 5.48 Å². The van der Waals surface area contributed by atoms with Gasteiger partial charge in [-0.3, -0.25) is 0 Å². The quantitative estimate of drug-likeness (QED) is 0.784. The van der Waals surface area contributed by atoms with Crippen LogP contribution in [0.3, 0.4) is 0 Å². The molecule has 20 heavy (non-hydrogen) atoms. The molecule has 114 valence electrons. The van der Waals surface area contributed by atoms with Crippen LogP contribution in [0, 0.1) is 5.92 Å². The van der Waals surface area contributed by atoms with Crippen molar-refractivity contribution in [2.45, 2.75) is 31.7 Å². The summed E-state index contributed by atoms with van der Waals surface area (Å²) in [5.41, 5.74) is 3.93. The van der Waals surface area contributed by atoms with E-state index in [9.17, 15) is 8.42 Å². The lowest BCUT2D eigenvalue weighted by Gasteiger charge is -2.16. The van der Waals surface area contributed by atoms with E-state index in [1.54, 1.807) is 24.3 Å². The number of sulfonamides is 1. The Morgan fingerprint density at radius 2 is 1.70 bits per heavy atom. The van der Waals surface area contributed by atoms with Crippen molar-refractivity contribution in [2.75, 3.05) is 20.7 Å². The fourth-order valence-electron chi connectivity index (χ4n) is 1.55. The van der Waals surface area contributed by atoms with Gasteiger partial charge in [-0.1, -0.05) is 26.0 Å². The molecular weight excluding hydrogens is 276 g/mol. The molecule has 0 aliphatic heterocycles. The first kappa shape index (κ1) is 17.1. The molecule has 0 radical (unpaired) electrons. The predicted octanol–water partition coefficient (Wildman–Crippen LogP) is 2.18. The summed E-state index contributed by atoms with van der Waals surface area (Å²) in [6.07, 6.45) is 0. The zero-order valence-electron chi connectivity index (χ0n) is 12.8. The molecule has 0 aromatic heterocycles. The van der Waals surface area contributed by atoms with Gasteiger partial charge in [0, 0.05) is 14.1 Å². The molecule has 0 aliphatic rings. The molecule has 1 unspecified atom stereocenters. The van der Waals surface area contributed by atoms with E-state index in [0.29, 0.717) is 17.4 Å². The number of hydrogen-bond acceptors (Lipinski definition) is 4. The van der Waals surface area contributed by atoms with Gasteiger partial charge in [0.1, 0.15) is 0 Å². The van der Waals surface area contributed by atoms with Crippen molar-refractivity contribution >= 4 is 10.0 Å². The second-order valence-corrected chi connectivity index (χ2v) is 7.55. The molecule has 1 aromatic carbocycles. The average Bonchev–Trinajstić information content (AvgIpc) is 2.38. The monoisotopic (exact) mass is 300 g/mol. The smallest absolute Gasteiger partial charge is 0.242 e. The Bertz CT molecular complexity index is 510. The van der Waals surface area contributed by atoms with Crippen LogP contribution in [0.5, 0.6) is 0 Å². The Kier molecular flexibility index (Phi) is 6.13. The molecule has 0 spiro atoms. The summed E-state index contributed by atoms with van der Waals surface area (Å²) in [6.45, 7) is 6.76. The second-order valence-electron chi connectivity index (χ2n) is 5.40. The molecule has 0 amide bonds. The van der Waals surface area contributed by atoms with E-state index in [1.807, 2.05) is 6.92 Å². The average molecular weight is 300 g/mol. The van der Waals surface area contributed by atoms with E-state index in [2.05, 4.69) is 19.3 Å². The first-order valence-electron chi connectivity index (χ1n) is 6.65. The van der Waals surface area contributed by atoms with E-state index in [4.69, 9.17) is 4.84 Å². The second kappa shape index (κ2) is 7.17. The Balaban J connectivity index is 2.72. The summed E-state index contributed by atoms with van der Waals surface area (Å²) in [5.74, 6) is 0.460. The molecule has 0 saturated heterocycles. The van der Waals surface area contributed by atoms with Crippen molar-refractivity contribution in [1.82, 2.24) is 9.79 Å². The fraction of sp³-hybridized carbons (Fsp3) is 0.571. The van der Waals surface area contributed by atoms with E-state index in [1.165, 1.54) is 18.4 Å². The van der Waals surface area contributed by atoms with Crippen LogP contribution in [0.4, 0.5) is 0 Å². The molecule has 1 rings (SSSR count). The maximum Gasteiger partial charge on any atom is 0.242 e. The van der Waals surface area contributed by atoms with Crippen molar-refractivity contribution in [3.8, 4) is 0 Å². The van der Waals surface area contributed by atoms with Gasteiger partial charge >= 0.3 is 0 Å². The molecule has 1 atom stereocenters. The van der Waals surface area contributed by atoms with Gasteiger partial charge in [-0.2, -0.15) is 5.48 Å². The highest BCUT2D eigenvalue weighted by Gasteiger charge is 2.17. The first-order chi connectivity index (χ1) is 9.25. The third kappa shape index (κ3) is 4.56. The Hall–Kier alpha value is -0.950. The highest BCUT2D eigenvalue weighted by atomic mass is 32.2. The van der Waals surface area contributed by atoms with Gasteiger partial charge in [0.05, 0.1) is 17.5 Å². The number of nitrogens with zero attached hydrogens (tertiary/aromatic N) is 1. The van der Waals surface area contributed by atoms with Crippen LogP contribution in [0.15, 0.2) is 29.2 Å². The lowest BCUT2D eigenvalue weighted by atomic mass is 10.1. The minimum absolute atomic E-state index is 0.00450. The third-order valence-electron chi connectivity index (χ3n) is 2.84. The van der Waals surface area contributed by atoms with Gasteiger partial charge in [-0.15, -0.1) is 0 Å². The van der Waals surface area contributed by atoms with Crippen LogP contribution in [0.25, 0.3) is 0 Å². The first-order valence-corrected chi connectivity index (χ1v) is 8.09. The van der Waals surface area contributed by atoms with E-state index in [0.717, 1.165) is 5.56 Å². The van der Waals surface area contributed by atoms with Gasteiger partial charge < -0.3 is 4.84 Å². The van der Waals surface area contributed by atoms with Crippen molar-refractivity contribution in [1.29, 1.82) is 0 Å². The molecule has 5 nitrogen and oxygen atoms in total. The zero-order valence-corrected chi connectivity index (χ0v) is 13.6. The molecule has 1 aromatic rings. The van der Waals surface area contributed by atoms with E-state index in [-0.39, 0.29) is 6.04 Å². The fourth-order valence-corrected chi connectivity index (χ4v) is 2.45. The number of hydroxylamine groups is 1. The molecule has 0 heterocycles. The number of benzene rings is 1. The number of rotatable bonds is 7. The van der Waals surface area contributed by atoms with Gasteiger partial charge in [0.2, 0.25) is 10.0 Å². The van der Waals surface area contributed by atoms with E-state index < -0.39 is 10.0 Å². The van der Waals surface area contributed by atoms with Crippen molar-refractivity contribution in [3.05, 3.63) is 29.8 Å². The van der Waals surface area contributed by atoms with Gasteiger partial charge in [-0.05, 0) is 30.5 Å². The van der Waals surface area contributed by atoms with Crippen LogP contribution in [-0.2, 0) is 14.9 Å². The highest BCUT2D eigenvalue weighted by Crippen LogP contribution is 2.18. The molecular formula is C14H24N2O3S. The SMILES string of the molecule is CC(C)CONC(C)c1ccc(S(=O)(=O)N(C)C)cc1. The molecule has 0 saturated carbocycles. The van der Waals surface area contributed by atoms with Crippen LogP contribution in [-0.4, -0.2) is 33.4 Å². The maximum atomic E-state index is 11.9. The summed E-state index contributed by atoms with van der Waals surface area (Å²) in [7, 11) is -0.324.